The second kappa shape index (κ2) is 9.53. The third-order valence-corrected chi connectivity index (χ3v) is 5.70. The number of sulfonamides is 1. The molecular formula is C21H24N4O4S. The molecule has 1 amide bonds. The largest absolute Gasteiger partial charge is 0.339 e. The molecular weight excluding hydrogens is 404 g/mol. The van der Waals surface area contributed by atoms with Gasteiger partial charge >= 0.3 is 0 Å². The van der Waals surface area contributed by atoms with Crippen molar-refractivity contribution in [2.24, 2.45) is 0 Å². The Labute approximate surface area is 175 Å². The maximum atomic E-state index is 12.4. The van der Waals surface area contributed by atoms with Crippen LogP contribution in [0.3, 0.4) is 0 Å². The van der Waals surface area contributed by atoms with Crippen molar-refractivity contribution >= 4 is 27.3 Å². The average Bonchev–Trinajstić information content (AvgIpc) is 3.16. The highest BCUT2D eigenvalue weighted by Crippen LogP contribution is 2.19. The number of hydrogen-bond donors (Lipinski definition) is 2. The molecule has 0 unspecified atom stereocenters. The third kappa shape index (κ3) is 5.90. The van der Waals surface area contributed by atoms with Crippen molar-refractivity contribution in [3.05, 3.63) is 65.8 Å². The van der Waals surface area contributed by atoms with Gasteiger partial charge in [0.2, 0.25) is 11.8 Å². The number of rotatable bonds is 9. The Hall–Kier alpha value is -3.20. The van der Waals surface area contributed by atoms with E-state index in [4.69, 9.17) is 4.52 Å². The maximum Gasteiger partial charge on any atom is 0.261 e. The standard InChI is InChI=1S/C21H24N4O4S/c1-3-4-19-23-21(29-24-19)14-13-20(26)22-16-7-9-17(10-8-16)25-30(27,28)18-11-5-15(2)6-12-18/h5-12,25H,3-4,13-14H2,1-2H3,(H,22,26). The SMILES string of the molecule is CCCc1noc(CCC(=O)Nc2ccc(NS(=O)(=O)c3ccc(C)cc3)cc2)n1. The Kier molecular flexibility index (Phi) is 6.83. The van der Waals surface area contributed by atoms with Crippen LogP contribution in [0.2, 0.25) is 0 Å². The van der Waals surface area contributed by atoms with E-state index in [0.717, 1.165) is 18.4 Å². The van der Waals surface area contributed by atoms with Gasteiger partial charge < -0.3 is 9.84 Å². The van der Waals surface area contributed by atoms with E-state index in [-0.39, 0.29) is 17.2 Å². The van der Waals surface area contributed by atoms with Crippen molar-refractivity contribution < 1.29 is 17.7 Å². The van der Waals surface area contributed by atoms with Crippen LogP contribution in [0, 0.1) is 6.92 Å². The molecule has 3 rings (SSSR count). The second-order valence-electron chi connectivity index (χ2n) is 6.90. The summed E-state index contributed by atoms with van der Waals surface area (Å²) in [6, 6.07) is 13.1. The van der Waals surface area contributed by atoms with Crippen molar-refractivity contribution in [3.63, 3.8) is 0 Å². The molecule has 0 aliphatic heterocycles. The van der Waals surface area contributed by atoms with Gasteiger partial charge in [-0.15, -0.1) is 0 Å². The summed E-state index contributed by atoms with van der Waals surface area (Å²) in [6.45, 7) is 3.92. The van der Waals surface area contributed by atoms with E-state index in [1.54, 1.807) is 48.5 Å². The molecule has 0 saturated carbocycles. The molecule has 3 aromatic rings. The third-order valence-electron chi connectivity index (χ3n) is 4.30. The number of carbonyl (C=O) groups is 1. The minimum Gasteiger partial charge on any atom is -0.339 e. The first-order valence-electron chi connectivity index (χ1n) is 9.66. The van der Waals surface area contributed by atoms with Gasteiger partial charge in [0, 0.05) is 30.6 Å². The molecule has 0 radical (unpaired) electrons. The Morgan fingerprint density at radius 1 is 1.00 bits per heavy atom. The first-order valence-corrected chi connectivity index (χ1v) is 11.1. The molecule has 0 bridgehead atoms. The fourth-order valence-electron chi connectivity index (χ4n) is 2.71. The minimum atomic E-state index is -3.67. The predicted octanol–water partition coefficient (Wildman–Crippen LogP) is 3.70. The highest BCUT2D eigenvalue weighted by molar-refractivity contribution is 7.92. The van der Waals surface area contributed by atoms with Crippen LogP contribution >= 0.6 is 0 Å². The lowest BCUT2D eigenvalue weighted by Crippen LogP contribution is -2.14. The van der Waals surface area contributed by atoms with Gasteiger partial charge in [0.15, 0.2) is 5.82 Å². The number of carbonyl (C=O) groups excluding carboxylic acids is 1. The Balaban J connectivity index is 1.53. The summed E-state index contributed by atoms with van der Waals surface area (Å²) in [7, 11) is -3.67. The van der Waals surface area contributed by atoms with Crippen LogP contribution in [0.5, 0.6) is 0 Å². The molecule has 9 heteroatoms. The zero-order chi connectivity index (χ0) is 21.6. The summed E-state index contributed by atoms with van der Waals surface area (Å²) < 4.78 is 32.5. The maximum absolute atomic E-state index is 12.4. The van der Waals surface area contributed by atoms with Gasteiger partial charge in [-0.1, -0.05) is 29.8 Å². The molecule has 0 aliphatic carbocycles. The lowest BCUT2D eigenvalue weighted by Gasteiger charge is -2.10. The zero-order valence-electron chi connectivity index (χ0n) is 16.9. The normalized spacial score (nSPS) is 11.3. The minimum absolute atomic E-state index is 0.189. The van der Waals surface area contributed by atoms with Crippen LogP contribution in [0.1, 0.15) is 37.0 Å². The quantitative estimate of drug-likeness (QED) is 0.537. The molecule has 0 fully saturated rings. The molecule has 2 N–H and O–H groups in total. The molecule has 158 valence electrons. The van der Waals surface area contributed by atoms with Gasteiger partial charge in [-0.25, -0.2) is 8.42 Å². The highest BCUT2D eigenvalue weighted by Gasteiger charge is 2.14. The van der Waals surface area contributed by atoms with Gasteiger partial charge in [-0.05, 0) is 49.7 Å². The Bertz CT molecular complexity index is 1090. The Morgan fingerprint density at radius 3 is 2.33 bits per heavy atom. The van der Waals surface area contributed by atoms with Crippen molar-refractivity contribution in [2.45, 2.75) is 44.4 Å². The summed E-state index contributed by atoms with van der Waals surface area (Å²) in [5, 5.41) is 6.63. The number of aryl methyl sites for hydroxylation is 3. The van der Waals surface area contributed by atoms with Gasteiger partial charge in [0.25, 0.3) is 10.0 Å². The van der Waals surface area contributed by atoms with Crippen LogP contribution in [0.15, 0.2) is 57.9 Å². The molecule has 0 saturated heterocycles. The average molecular weight is 429 g/mol. The fraction of sp³-hybridized carbons (Fsp3) is 0.286. The lowest BCUT2D eigenvalue weighted by molar-refractivity contribution is -0.116. The van der Waals surface area contributed by atoms with Crippen LogP contribution in [0.4, 0.5) is 11.4 Å². The summed E-state index contributed by atoms with van der Waals surface area (Å²) in [6.07, 6.45) is 2.24. The molecule has 30 heavy (non-hydrogen) atoms. The summed E-state index contributed by atoms with van der Waals surface area (Å²) in [5.41, 5.74) is 1.95. The number of aromatic nitrogens is 2. The first kappa shape index (κ1) is 21.5. The van der Waals surface area contributed by atoms with Crippen molar-refractivity contribution in [1.29, 1.82) is 0 Å². The summed E-state index contributed by atoms with van der Waals surface area (Å²) in [4.78, 5) is 16.6. The van der Waals surface area contributed by atoms with E-state index in [2.05, 4.69) is 20.2 Å². The molecule has 1 aromatic heterocycles. The van der Waals surface area contributed by atoms with Crippen LogP contribution in [-0.2, 0) is 27.7 Å². The van der Waals surface area contributed by atoms with E-state index in [9.17, 15) is 13.2 Å². The molecule has 0 aliphatic rings. The smallest absolute Gasteiger partial charge is 0.261 e. The van der Waals surface area contributed by atoms with E-state index < -0.39 is 10.0 Å². The number of benzene rings is 2. The number of anilines is 2. The topological polar surface area (TPSA) is 114 Å². The van der Waals surface area contributed by atoms with Gasteiger partial charge in [0.1, 0.15) is 0 Å². The number of nitrogens with zero attached hydrogens (tertiary/aromatic N) is 2. The van der Waals surface area contributed by atoms with Gasteiger partial charge in [-0.3, -0.25) is 9.52 Å². The van der Waals surface area contributed by atoms with Gasteiger partial charge in [-0.2, -0.15) is 4.98 Å². The monoisotopic (exact) mass is 428 g/mol. The van der Waals surface area contributed by atoms with Crippen molar-refractivity contribution in [2.75, 3.05) is 10.0 Å². The molecule has 8 nitrogen and oxygen atoms in total. The van der Waals surface area contributed by atoms with Crippen LogP contribution < -0.4 is 10.0 Å². The van der Waals surface area contributed by atoms with Crippen LogP contribution in [-0.4, -0.2) is 24.5 Å². The molecule has 0 spiro atoms. The molecule has 0 atom stereocenters. The lowest BCUT2D eigenvalue weighted by atomic mass is 10.2. The number of amides is 1. The highest BCUT2D eigenvalue weighted by atomic mass is 32.2. The molecule has 2 aromatic carbocycles. The van der Waals surface area contributed by atoms with E-state index in [1.807, 2.05) is 13.8 Å². The van der Waals surface area contributed by atoms with E-state index in [0.29, 0.717) is 29.5 Å². The second-order valence-corrected chi connectivity index (χ2v) is 8.58. The first-order chi connectivity index (χ1) is 14.4. The Morgan fingerprint density at radius 2 is 1.67 bits per heavy atom. The van der Waals surface area contributed by atoms with Crippen LogP contribution in [0.25, 0.3) is 0 Å². The van der Waals surface area contributed by atoms with Crippen molar-refractivity contribution in [1.82, 2.24) is 10.1 Å². The van der Waals surface area contributed by atoms with E-state index in [1.165, 1.54) is 0 Å². The molecule has 1 heterocycles. The number of nitrogens with one attached hydrogen (secondary N) is 2. The summed E-state index contributed by atoms with van der Waals surface area (Å²) >= 11 is 0. The number of hydrogen-bond acceptors (Lipinski definition) is 6. The van der Waals surface area contributed by atoms with E-state index >= 15 is 0 Å². The summed E-state index contributed by atoms with van der Waals surface area (Å²) in [5.74, 6) is 0.893. The zero-order valence-corrected chi connectivity index (χ0v) is 17.7. The van der Waals surface area contributed by atoms with Crippen molar-refractivity contribution in [3.8, 4) is 0 Å². The van der Waals surface area contributed by atoms with Gasteiger partial charge in [0.05, 0.1) is 4.90 Å². The predicted molar refractivity (Wildman–Crippen MR) is 114 cm³/mol. The fourth-order valence-corrected chi connectivity index (χ4v) is 3.77.